The van der Waals surface area contributed by atoms with Gasteiger partial charge in [-0.05, 0) is 36.8 Å². The number of nitrogens with one attached hydrogen (secondary N) is 1. The van der Waals surface area contributed by atoms with E-state index in [2.05, 4.69) is 5.32 Å². The lowest BCUT2D eigenvalue weighted by molar-refractivity contribution is 0.448. The van der Waals surface area contributed by atoms with Crippen LogP contribution in [0.1, 0.15) is 18.5 Å². The number of phenolic OH excluding ortho intramolecular Hbond substituents is 1. The zero-order valence-electron chi connectivity index (χ0n) is 10.1. The number of hydrogen-bond acceptors (Lipinski definition) is 2. The Hall–Kier alpha value is -2.17. The van der Waals surface area contributed by atoms with E-state index in [1.54, 1.807) is 19.1 Å². The summed E-state index contributed by atoms with van der Waals surface area (Å²) in [4.78, 5) is 0. The molecule has 2 nitrogen and oxygen atoms in total. The molecular formula is C14H12F3NO. The number of halogens is 3. The van der Waals surface area contributed by atoms with Crippen molar-refractivity contribution >= 4 is 5.69 Å². The first-order valence-electron chi connectivity index (χ1n) is 5.68. The maximum absolute atomic E-state index is 13.5. The molecule has 0 aromatic heterocycles. The second kappa shape index (κ2) is 5.22. The molecule has 19 heavy (non-hydrogen) atoms. The molecule has 2 aromatic carbocycles. The van der Waals surface area contributed by atoms with E-state index >= 15 is 0 Å². The van der Waals surface area contributed by atoms with Gasteiger partial charge in [-0.15, -0.1) is 0 Å². The van der Waals surface area contributed by atoms with Crippen molar-refractivity contribution in [3.8, 4) is 5.75 Å². The highest BCUT2D eigenvalue weighted by Crippen LogP contribution is 2.25. The van der Waals surface area contributed by atoms with Crippen LogP contribution in [0.5, 0.6) is 5.75 Å². The van der Waals surface area contributed by atoms with Crippen LogP contribution < -0.4 is 5.32 Å². The van der Waals surface area contributed by atoms with Crippen LogP contribution in [-0.4, -0.2) is 5.11 Å². The molecule has 2 rings (SSSR count). The lowest BCUT2D eigenvalue weighted by Crippen LogP contribution is -2.09. The Morgan fingerprint density at radius 2 is 1.58 bits per heavy atom. The first-order valence-corrected chi connectivity index (χ1v) is 5.68. The standard InChI is InChI=1S/C14H12F3NO/c1-8(9-2-4-10(19)5-3-9)18-12-7-6-11(15)13(16)14(12)17/h2-8,18-19H,1H3. The monoisotopic (exact) mass is 267 g/mol. The number of benzene rings is 2. The zero-order chi connectivity index (χ0) is 14.0. The van der Waals surface area contributed by atoms with E-state index in [9.17, 15) is 13.2 Å². The van der Waals surface area contributed by atoms with Crippen molar-refractivity contribution in [2.45, 2.75) is 13.0 Å². The van der Waals surface area contributed by atoms with Crippen LogP contribution in [-0.2, 0) is 0 Å². The summed E-state index contributed by atoms with van der Waals surface area (Å²) in [6.45, 7) is 1.74. The van der Waals surface area contributed by atoms with Crippen LogP contribution in [0.25, 0.3) is 0 Å². The second-order valence-corrected chi connectivity index (χ2v) is 4.18. The Morgan fingerprint density at radius 3 is 2.21 bits per heavy atom. The van der Waals surface area contributed by atoms with Crippen LogP contribution in [0.3, 0.4) is 0 Å². The minimum atomic E-state index is -1.50. The molecule has 0 bridgehead atoms. The smallest absolute Gasteiger partial charge is 0.196 e. The normalized spacial score (nSPS) is 12.2. The number of phenols is 1. The number of aromatic hydroxyl groups is 1. The van der Waals surface area contributed by atoms with Gasteiger partial charge in [0, 0.05) is 6.04 Å². The van der Waals surface area contributed by atoms with Crippen molar-refractivity contribution < 1.29 is 18.3 Å². The van der Waals surface area contributed by atoms with Gasteiger partial charge in [0.25, 0.3) is 0 Å². The summed E-state index contributed by atoms with van der Waals surface area (Å²) in [6, 6.07) is 7.99. The van der Waals surface area contributed by atoms with Gasteiger partial charge in [-0.25, -0.2) is 13.2 Å². The van der Waals surface area contributed by atoms with Gasteiger partial charge in [-0.3, -0.25) is 0 Å². The van der Waals surface area contributed by atoms with Crippen molar-refractivity contribution in [1.29, 1.82) is 0 Å². The molecule has 1 unspecified atom stereocenters. The van der Waals surface area contributed by atoms with Crippen LogP contribution >= 0.6 is 0 Å². The van der Waals surface area contributed by atoms with E-state index in [-0.39, 0.29) is 17.5 Å². The predicted molar refractivity (Wildman–Crippen MR) is 66.5 cm³/mol. The van der Waals surface area contributed by atoms with Gasteiger partial charge in [0.05, 0.1) is 5.69 Å². The van der Waals surface area contributed by atoms with E-state index < -0.39 is 17.5 Å². The molecule has 0 radical (unpaired) electrons. The molecule has 0 aliphatic heterocycles. The summed E-state index contributed by atoms with van der Waals surface area (Å²) >= 11 is 0. The highest BCUT2D eigenvalue weighted by atomic mass is 19.2. The number of hydrogen-bond donors (Lipinski definition) is 2. The molecule has 2 N–H and O–H groups in total. The van der Waals surface area contributed by atoms with Gasteiger partial charge in [0.15, 0.2) is 17.5 Å². The molecule has 0 aliphatic rings. The minimum Gasteiger partial charge on any atom is -0.508 e. The topological polar surface area (TPSA) is 32.3 Å². The van der Waals surface area contributed by atoms with Gasteiger partial charge in [-0.1, -0.05) is 12.1 Å². The van der Waals surface area contributed by atoms with E-state index in [4.69, 9.17) is 5.11 Å². The van der Waals surface area contributed by atoms with Crippen molar-refractivity contribution in [2.24, 2.45) is 0 Å². The fourth-order valence-electron chi connectivity index (χ4n) is 1.72. The van der Waals surface area contributed by atoms with Crippen LogP contribution in [0, 0.1) is 17.5 Å². The van der Waals surface area contributed by atoms with Crippen molar-refractivity contribution in [2.75, 3.05) is 5.32 Å². The van der Waals surface area contributed by atoms with Gasteiger partial charge in [-0.2, -0.15) is 0 Å². The Bertz CT molecular complexity index is 584. The molecule has 1 atom stereocenters. The van der Waals surface area contributed by atoms with Crippen LogP contribution in [0.15, 0.2) is 36.4 Å². The quantitative estimate of drug-likeness (QED) is 0.824. The Labute approximate surface area is 108 Å². The summed E-state index contributed by atoms with van der Waals surface area (Å²) < 4.78 is 39.4. The lowest BCUT2D eigenvalue weighted by atomic mass is 10.1. The van der Waals surface area contributed by atoms with Gasteiger partial charge in [0.2, 0.25) is 0 Å². The SMILES string of the molecule is CC(Nc1ccc(F)c(F)c1F)c1ccc(O)cc1. The maximum Gasteiger partial charge on any atom is 0.196 e. The van der Waals surface area contributed by atoms with Crippen LogP contribution in [0.4, 0.5) is 18.9 Å². The molecule has 0 saturated carbocycles. The van der Waals surface area contributed by atoms with Gasteiger partial charge >= 0.3 is 0 Å². The van der Waals surface area contributed by atoms with Gasteiger partial charge in [0.1, 0.15) is 5.75 Å². The third-order valence-electron chi connectivity index (χ3n) is 2.80. The molecule has 100 valence electrons. The first-order chi connectivity index (χ1) is 8.99. The van der Waals surface area contributed by atoms with Crippen LogP contribution in [0.2, 0.25) is 0 Å². The third kappa shape index (κ3) is 2.81. The number of rotatable bonds is 3. The molecule has 0 amide bonds. The van der Waals surface area contributed by atoms with E-state index in [1.807, 2.05) is 0 Å². The van der Waals surface area contributed by atoms with E-state index in [1.165, 1.54) is 12.1 Å². The molecule has 2 aromatic rings. The molecule has 0 aliphatic carbocycles. The summed E-state index contributed by atoms with van der Waals surface area (Å²) in [5, 5.41) is 11.9. The fraction of sp³-hybridized carbons (Fsp3) is 0.143. The van der Waals surface area contributed by atoms with Crippen molar-refractivity contribution in [3.05, 3.63) is 59.4 Å². The highest BCUT2D eigenvalue weighted by Gasteiger charge is 2.15. The van der Waals surface area contributed by atoms with Crippen molar-refractivity contribution in [1.82, 2.24) is 0 Å². The summed E-state index contributed by atoms with van der Waals surface area (Å²) in [5.74, 6) is -3.84. The maximum atomic E-state index is 13.5. The van der Waals surface area contributed by atoms with E-state index in [0.717, 1.165) is 17.7 Å². The molecule has 0 saturated heterocycles. The predicted octanol–water partition coefficient (Wildman–Crippen LogP) is 3.98. The average Bonchev–Trinajstić information content (AvgIpc) is 2.40. The van der Waals surface area contributed by atoms with Gasteiger partial charge < -0.3 is 10.4 Å². The second-order valence-electron chi connectivity index (χ2n) is 4.18. The fourth-order valence-corrected chi connectivity index (χ4v) is 1.72. The summed E-state index contributed by atoms with van der Waals surface area (Å²) in [7, 11) is 0. The Kier molecular flexibility index (Phi) is 3.64. The molecular weight excluding hydrogens is 255 g/mol. The zero-order valence-corrected chi connectivity index (χ0v) is 10.1. The Balaban J connectivity index is 2.21. The minimum absolute atomic E-state index is 0.112. The third-order valence-corrected chi connectivity index (χ3v) is 2.80. The largest absolute Gasteiger partial charge is 0.508 e. The molecule has 0 heterocycles. The summed E-state index contributed by atoms with van der Waals surface area (Å²) in [6.07, 6.45) is 0. The van der Waals surface area contributed by atoms with Crippen molar-refractivity contribution in [3.63, 3.8) is 0 Å². The number of anilines is 1. The van der Waals surface area contributed by atoms with E-state index in [0.29, 0.717) is 0 Å². The first kappa shape index (κ1) is 13.3. The summed E-state index contributed by atoms with van der Waals surface area (Å²) in [5.41, 5.74) is 0.668. The Morgan fingerprint density at radius 1 is 0.947 bits per heavy atom. The lowest BCUT2D eigenvalue weighted by Gasteiger charge is -2.16. The molecule has 5 heteroatoms. The highest BCUT2D eigenvalue weighted by molar-refractivity contribution is 5.47. The molecule has 0 spiro atoms. The average molecular weight is 267 g/mol. The molecule has 0 fully saturated rings.